The van der Waals surface area contributed by atoms with Crippen LogP contribution in [0.2, 0.25) is 0 Å². The van der Waals surface area contributed by atoms with E-state index in [1.54, 1.807) is 24.8 Å². The third-order valence-electron chi connectivity index (χ3n) is 2.66. The molecule has 18 heavy (non-hydrogen) atoms. The van der Waals surface area contributed by atoms with Crippen molar-refractivity contribution in [3.8, 4) is 0 Å². The number of aliphatic hydroxyl groups is 1. The second-order valence-corrected chi connectivity index (χ2v) is 5.15. The summed E-state index contributed by atoms with van der Waals surface area (Å²) in [5.41, 5.74) is 1.86. The Bertz CT molecular complexity index is 511. The van der Waals surface area contributed by atoms with Gasteiger partial charge in [0.05, 0.1) is 6.10 Å². The smallest absolute Gasteiger partial charge is 0.123 e. The summed E-state index contributed by atoms with van der Waals surface area (Å²) in [6, 6.07) is 14.6. The van der Waals surface area contributed by atoms with Crippen LogP contribution in [0.15, 0.2) is 53.4 Å². The molecule has 0 aliphatic rings. The molecular weight excluding hydrogens is 247 g/mol. The first kappa shape index (κ1) is 13.1. The van der Waals surface area contributed by atoms with E-state index in [1.165, 1.54) is 17.7 Å². The van der Waals surface area contributed by atoms with Crippen LogP contribution in [0.4, 0.5) is 4.39 Å². The highest BCUT2D eigenvalue weighted by atomic mass is 32.2. The maximum Gasteiger partial charge on any atom is 0.123 e. The van der Waals surface area contributed by atoms with Crippen LogP contribution in [0.5, 0.6) is 0 Å². The van der Waals surface area contributed by atoms with Crippen molar-refractivity contribution in [3.63, 3.8) is 0 Å². The van der Waals surface area contributed by atoms with E-state index in [0.29, 0.717) is 5.56 Å². The zero-order valence-corrected chi connectivity index (χ0v) is 11.0. The normalized spacial score (nSPS) is 12.4. The first-order chi connectivity index (χ1) is 8.66. The molecule has 0 radical (unpaired) electrons. The van der Waals surface area contributed by atoms with Crippen LogP contribution in [-0.4, -0.2) is 5.11 Å². The van der Waals surface area contributed by atoms with Gasteiger partial charge in [0.25, 0.3) is 0 Å². The Balaban J connectivity index is 2.14. The minimum absolute atomic E-state index is 0.310. The Morgan fingerprint density at radius 3 is 2.56 bits per heavy atom. The highest BCUT2D eigenvalue weighted by molar-refractivity contribution is 7.98. The van der Waals surface area contributed by atoms with E-state index < -0.39 is 6.10 Å². The van der Waals surface area contributed by atoms with Crippen LogP contribution in [0.25, 0.3) is 0 Å². The molecule has 0 amide bonds. The van der Waals surface area contributed by atoms with Gasteiger partial charge < -0.3 is 5.11 Å². The molecule has 0 saturated heterocycles. The maximum atomic E-state index is 13.2. The van der Waals surface area contributed by atoms with E-state index in [-0.39, 0.29) is 5.82 Å². The molecule has 0 fully saturated rings. The lowest BCUT2D eigenvalue weighted by molar-refractivity contribution is 0.196. The number of halogens is 1. The first-order valence-corrected chi connectivity index (χ1v) is 6.79. The number of benzene rings is 2. The highest BCUT2D eigenvalue weighted by Crippen LogP contribution is 2.30. The van der Waals surface area contributed by atoms with Gasteiger partial charge in [-0.2, -0.15) is 0 Å². The van der Waals surface area contributed by atoms with Crippen LogP contribution in [0, 0.1) is 5.82 Å². The standard InChI is InChI=1S/C15H15FOS/c1-11(17)14-9-13(16)7-8-15(14)18-10-12-5-3-2-4-6-12/h2-9,11,17H,10H2,1H3/t11-/m0/s1. The van der Waals surface area contributed by atoms with Gasteiger partial charge >= 0.3 is 0 Å². The summed E-state index contributed by atoms with van der Waals surface area (Å²) in [5, 5.41) is 9.65. The average Bonchev–Trinajstić information content (AvgIpc) is 2.38. The number of hydrogen-bond acceptors (Lipinski definition) is 2. The fourth-order valence-electron chi connectivity index (χ4n) is 1.71. The molecule has 0 unspecified atom stereocenters. The first-order valence-electron chi connectivity index (χ1n) is 5.81. The molecule has 2 rings (SSSR count). The van der Waals surface area contributed by atoms with Gasteiger partial charge in [0.15, 0.2) is 0 Å². The van der Waals surface area contributed by atoms with Crippen molar-refractivity contribution in [3.05, 3.63) is 65.5 Å². The van der Waals surface area contributed by atoms with Crippen LogP contribution < -0.4 is 0 Å². The summed E-state index contributed by atoms with van der Waals surface area (Å²) in [6.45, 7) is 1.65. The topological polar surface area (TPSA) is 20.2 Å². The molecule has 0 spiro atoms. The van der Waals surface area contributed by atoms with E-state index in [1.807, 2.05) is 18.2 Å². The third kappa shape index (κ3) is 3.34. The van der Waals surface area contributed by atoms with Gasteiger partial charge in [0, 0.05) is 10.6 Å². The lowest BCUT2D eigenvalue weighted by Crippen LogP contribution is -1.95. The van der Waals surface area contributed by atoms with Gasteiger partial charge in [-0.25, -0.2) is 4.39 Å². The van der Waals surface area contributed by atoms with Gasteiger partial charge in [-0.15, -0.1) is 11.8 Å². The third-order valence-corrected chi connectivity index (χ3v) is 3.82. The second-order valence-electron chi connectivity index (χ2n) is 4.13. The van der Waals surface area contributed by atoms with Crippen molar-refractivity contribution in [2.24, 2.45) is 0 Å². The Kier molecular flexibility index (Phi) is 4.39. The van der Waals surface area contributed by atoms with Crippen molar-refractivity contribution in [1.29, 1.82) is 0 Å². The lowest BCUT2D eigenvalue weighted by Gasteiger charge is -2.11. The van der Waals surface area contributed by atoms with Crippen molar-refractivity contribution >= 4 is 11.8 Å². The lowest BCUT2D eigenvalue weighted by atomic mass is 10.1. The van der Waals surface area contributed by atoms with Crippen LogP contribution >= 0.6 is 11.8 Å². The largest absolute Gasteiger partial charge is 0.389 e. The second kappa shape index (κ2) is 6.03. The summed E-state index contributed by atoms with van der Waals surface area (Å²) in [5.74, 6) is 0.501. The summed E-state index contributed by atoms with van der Waals surface area (Å²) in [6.07, 6.45) is -0.654. The number of thioether (sulfide) groups is 1. The van der Waals surface area contributed by atoms with Crippen molar-refractivity contribution in [2.45, 2.75) is 23.7 Å². The summed E-state index contributed by atoms with van der Waals surface area (Å²) >= 11 is 1.61. The Morgan fingerprint density at radius 2 is 1.89 bits per heavy atom. The fourth-order valence-corrected chi connectivity index (χ4v) is 2.79. The summed E-state index contributed by atoms with van der Waals surface area (Å²) in [7, 11) is 0. The van der Waals surface area contributed by atoms with Crippen LogP contribution in [0.1, 0.15) is 24.2 Å². The summed E-state index contributed by atoms with van der Waals surface area (Å²) < 4.78 is 13.2. The van der Waals surface area contributed by atoms with Gasteiger partial charge in [-0.1, -0.05) is 30.3 Å². The zero-order chi connectivity index (χ0) is 13.0. The van der Waals surface area contributed by atoms with Gasteiger partial charge in [-0.05, 0) is 36.2 Å². The molecule has 94 valence electrons. The molecule has 0 saturated carbocycles. The Hall–Kier alpha value is -1.32. The highest BCUT2D eigenvalue weighted by Gasteiger charge is 2.09. The van der Waals surface area contributed by atoms with E-state index in [2.05, 4.69) is 12.1 Å². The van der Waals surface area contributed by atoms with E-state index in [9.17, 15) is 9.50 Å². The molecule has 1 atom stereocenters. The van der Waals surface area contributed by atoms with Gasteiger partial charge in [-0.3, -0.25) is 0 Å². The van der Waals surface area contributed by atoms with Crippen LogP contribution in [0.3, 0.4) is 0 Å². The molecule has 1 N–H and O–H groups in total. The molecule has 0 aromatic heterocycles. The average molecular weight is 262 g/mol. The zero-order valence-electron chi connectivity index (χ0n) is 10.1. The molecule has 0 aliphatic heterocycles. The summed E-state index contributed by atoms with van der Waals surface area (Å²) in [4.78, 5) is 0.926. The minimum atomic E-state index is -0.654. The molecule has 2 aromatic carbocycles. The quantitative estimate of drug-likeness (QED) is 0.834. The van der Waals surface area contributed by atoms with E-state index in [0.717, 1.165) is 10.6 Å². The monoisotopic (exact) mass is 262 g/mol. The number of aliphatic hydroxyl groups excluding tert-OH is 1. The Morgan fingerprint density at radius 1 is 1.17 bits per heavy atom. The maximum absolute atomic E-state index is 13.2. The van der Waals surface area contributed by atoms with E-state index >= 15 is 0 Å². The molecule has 0 heterocycles. The van der Waals surface area contributed by atoms with Crippen LogP contribution in [-0.2, 0) is 5.75 Å². The molecule has 3 heteroatoms. The fraction of sp³-hybridized carbons (Fsp3) is 0.200. The molecule has 2 aromatic rings. The molecule has 1 nitrogen and oxygen atoms in total. The van der Waals surface area contributed by atoms with Crippen molar-refractivity contribution in [2.75, 3.05) is 0 Å². The minimum Gasteiger partial charge on any atom is -0.389 e. The van der Waals surface area contributed by atoms with E-state index in [4.69, 9.17) is 0 Å². The SMILES string of the molecule is C[C@H](O)c1cc(F)ccc1SCc1ccccc1. The predicted octanol–water partition coefficient (Wildman–Crippen LogP) is 4.17. The van der Waals surface area contributed by atoms with Gasteiger partial charge in [0.1, 0.15) is 5.82 Å². The predicted molar refractivity (Wildman–Crippen MR) is 73.0 cm³/mol. The number of rotatable bonds is 4. The molecule has 0 bridgehead atoms. The molecular formula is C15H15FOS. The van der Waals surface area contributed by atoms with Crippen molar-refractivity contribution < 1.29 is 9.50 Å². The Labute approximate surface area is 111 Å². The number of hydrogen-bond donors (Lipinski definition) is 1. The van der Waals surface area contributed by atoms with Crippen molar-refractivity contribution in [1.82, 2.24) is 0 Å². The van der Waals surface area contributed by atoms with Gasteiger partial charge in [0.2, 0.25) is 0 Å². The molecule has 0 aliphatic carbocycles.